The van der Waals surface area contributed by atoms with Crippen molar-refractivity contribution < 1.29 is 9.59 Å². The summed E-state index contributed by atoms with van der Waals surface area (Å²) in [5.74, 6) is 0.0261. The predicted molar refractivity (Wildman–Crippen MR) is 86.0 cm³/mol. The normalized spacial score (nSPS) is 16.0. The van der Waals surface area contributed by atoms with Crippen LogP contribution in [0.1, 0.15) is 12.5 Å². The minimum atomic E-state index is -0.219. The van der Waals surface area contributed by atoms with Crippen molar-refractivity contribution in [2.45, 2.75) is 13.8 Å². The van der Waals surface area contributed by atoms with Gasteiger partial charge in [-0.15, -0.1) is 0 Å². The van der Waals surface area contributed by atoms with E-state index in [0.29, 0.717) is 5.92 Å². The van der Waals surface area contributed by atoms with Crippen molar-refractivity contribution >= 4 is 33.4 Å². The molecule has 2 amide bonds. The Hall–Kier alpha value is -1.40. The maximum Gasteiger partial charge on any atom is 0.243 e. The van der Waals surface area contributed by atoms with Crippen LogP contribution in [0.15, 0.2) is 22.7 Å². The highest BCUT2D eigenvalue weighted by Gasteiger charge is 2.28. The SMILES string of the molecule is Cc1ccc(Br)cc1NC(=O)CNC(=O)C(C)C1CNC1. The number of halogens is 1. The fraction of sp³-hybridized carbons (Fsp3) is 0.467. The molecule has 1 unspecified atom stereocenters. The Labute approximate surface area is 133 Å². The highest BCUT2D eigenvalue weighted by atomic mass is 79.9. The molecule has 6 heteroatoms. The minimum Gasteiger partial charge on any atom is -0.347 e. The number of rotatable bonds is 5. The average Bonchev–Trinajstić information content (AvgIpc) is 2.38. The zero-order chi connectivity index (χ0) is 15.4. The molecule has 1 atom stereocenters. The van der Waals surface area contributed by atoms with E-state index < -0.39 is 0 Å². The van der Waals surface area contributed by atoms with Crippen LogP contribution in [0, 0.1) is 18.8 Å². The lowest BCUT2D eigenvalue weighted by atomic mass is 9.88. The number of hydrogen-bond donors (Lipinski definition) is 3. The summed E-state index contributed by atoms with van der Waals surface area (Å²) in [5, 5.41) is 8.64. The third-order valence-corrected chi connectivity index (χ3v) is 4.32. The second-order valence-corrected chi connectivity index (χ2v) is 6.35. The molecule has 2 rings (SSSR count). The van der Waals surface area contributed by atoms with E-state index in [-0.39, 0.29) is 24.3 Å². The molecule has 0 aliphatic carbocycles. The van der Waals surface area contributed by atoms with Crippen LogP contribution in [0.4, 0.5) is 5.69 Å². The molecule has 0 spiro atoms. The van der Waals surface area contributed by atoms with Crippen molar-refractivity contribution in [3.05, 3.63) is 28.2 Å². The van der Waals surface area contributed by atoms with Gasteiger partial charge in [0.15, 0.2) is 0 Å². The van der Waals surface area contributed by atoms with Gasteiger partial charge in [-0.1, -0.05) is 28.9 Å². The first-order valence-corrected chi connectivity index (χ1v) is 7.81. The van der Waals surface area contributed by atoms with Crippen LogP contribution >= 0.6 is 15.9 Å². The van der Waals surface area contributed by atoms with Crippen LogP contribution in [-0.4, -0.2) is 31.4 Å². The summed E-state index contributed by atoms with van der Waals surface area (Å²) in [7, 11) is 0. The van der Waals surface area contributed by atoms with Gasteiger partial charge in [-0.25, -0.2) is 0 Å². The van der Waals surface area contributed by atoms with Crippen molar-refractivity contribution in [3.8, 4) is 0 Å². The fourth-order valence-electron chi connectivity index (χ4n) is 2.13. The third kappa shape index (κ3) is 4.28. The number of aryl methyl sites for hydroxylation is 1. The molecule has 0 radical (unpaired) electrons. The molecule has 1 aromatic rings. The summed E-state index contributed by atoms with van der Waals surface area (Å²) in [4.78, 5) is 23.8. The van der Waals surface area contributed by atoms with Gasteiger partial charge in [-0.05, 0) is 43.6 Å². The van der Waals surface area contributed by atoms with Crippen molar-refractivity contribution in [3.63, 3.8) is 0 Å². The van der Waals surface area contributed by atoms with Gasteiger partial charge in [0.25, 0.3) is 0 Å². The first-order chi connectivity index (χ1) is 9.97. The summed E-state index contributed by atoms with van der Waals surface area (Å²) in [6.07, 6.45) is 0. The van der Waals surface area contributed by atoms with Gasteiger partial charge in [0, 0.05) is 16.1 Å². The number of benzene rings is 1. The van der Waals surface area contributed by atoms with Crippen molar-refractivity contribution in [1.29, 1.82) is 0 Å². The quantitative estimate of drug-likeness (QED) is 0.753. The highest BCUT2D eigenvalue weighted by molar-refractivity contribution is 9.10. The van der Waals surface area contributed by atoms with Gasteiger partial charge >= 0.3 is 0 Å². The number of nitrogens with one attached hydrogen (secondary N) is 3. The van der Waals surface area contributed by atoms with Crippen LogP contribution in [0.3, 0.4) is 0 Å². The topological polar surface area (TPSA) is 70.2 Å². The van der Waals surface area contributed by atoms with Crippen molar-refractivity contribution in [1.82, 2.24) is 10.6 Å². The molecule has 0 bridgehead atoms. The van der Waals surface area contributed by atoms with Gasteiger partial charge < -0.3 is 16.0 Å². The van der Waals surface area contributed by atoms with E-state index in [0.717, 1.165) is 28.8 Å². The number of anilines is 1. The molecule has 1 saturated heterocycles. The van der Waals surface area contributed by atoms with Crippen LogP contribution in [0.2, 0.25) is 0 Å². The van der Waals surface area contributed by atoms with Gasteiger partial charge in [-0.3, -0.25) is 9.59 Å². The zero-order valence-electron chi connectivity index (χ0n) is 12.2. The Morgan fingerprint density at radius 3 is 2.76 bits per heavy atom. The molecule has 0 aromatic heterocycles. The van der Waals surface area contributed by atoms with Crippen LogP contribution in [0.25, 0.3) is 0 Å². The molecule has 5 nitrogen and oxygen atoms in total. The summed E-state index contributed by atoms with van der Waals surface area (Å²) >= 11 is 3.37. The van der Waals surface area contributed by atoms with Gasteiger partial charge in [0.2, 0.25) is 11.8 Å². The molecule has 1 aliphatic heterocycles. The van der Waals surface area contributed by atoms with Crippen molar-refractivity contribution in [2.24, 2.45) is 11.8 Å². The second-order valence-electron chi connectivity index (χ2n) is 5.43. The smallest absolute Gasteiger partial charge is 0.243 e. The largest absolute Gasteiger partial charge is 0.347 e. The average molecular weight is 354 g/mol. The molecule has 1 fully saturated rings. The minimum absolute atomic E-state index is 0.00469. The summed E-state index contributed by atoms with van der Waals surface area (Å²) in [6, 6.07) is 5.68. The maximum atomic E-state index is 11.9. The molecule has 1 heterocycles. The first kappa shape index (κ1) is 16.0. The highest BCUT2D eigenvalue weighted by Crippen LogP contribution is 2.20. The molecule has 0 saturated carbocycles. The van der Waals surface area contributed by atoms with Crippen LogP contribution in [0.5, 0.6) is 0 Å². The van der Waals surface area contributed by atoms with Gasteiger partial charge in [0.05, 0.1) is 6.54 Å². The van der Waals surface area contributed by atoms with Crippen molar-refractivity contribution in [2.75, 3.05) is 25.0 Å². The predicted octanol–water partition coefficient (Wildman–Crippen LogP) is 1.67. The Bertz CT molecular complexity index is 544. The molecular weight excluding hydrogens is 334 g/mol. The first-order valence-electron chi connectivity index (χ1n) is 7.02. The molecule has 114 valence electrons. The van der Waals surface area contributed by atoms with E-state index in [9.17, 15) is 9.59 Å². The summed E-state index contributed by atoms with van der Waals surface area (Å²) in [5.41, 5.74) is 1.73. The Kier molecular flexibility index (Phi) is 5.36. The zero-order valence-corrected chi connectivity index (χ0v) is 13.8. The molecule has 21 heavy (non-hydrogen) atoms. The van der Waals surface area contributed by atoms with Gasteiger partial charge in [-0.2, -0.15) is 0 Å². The fourth-order valence-corrected chi connectivity index (χ4v) is 2.49. The number of carbonyl (C=O) groups excluding carboxylic acids is 2. The number of amides is 2. The summed E-state index contributed by atoms with van der Waals surface area (Å²) < 4.78 is 0.901. The van der Waals surface area contributed by atoms with E-state index in [1.807, 2.05) is 32.0 Å². The molecular formula is C15H20BrN3O2. The van der Waals surface area contributed by atoms with E-state index in [1.54, 1.807) is 0 Å². The Balaban J connectivity index is 1.81. The number of carbonyl (C=O) groups is 2. The van der Waals surface area contributed by atoms with E-state index in [2.05, 4.69) is 31.9 Å². The summed E-state index contributed by atoms with van der Waals surface area (Å²) in [6.45, 7) is 5.56. The van der Waals surface area contributed by atoms with Crippen LogP contribution < -0.4 is 16.0 Å². The van der Waals surface area contributed by atoms with E-state index in [1.165, 1.54) is 0 Å². The van der Waals surface area contributed by atoms with E-state index >= 15 is 0 Å². The van der Waals surface area contributed by atoms with E-state index in [4.69, 9.17) is 0 Å². The van der Waals surface area contributed by atoms with Gasteiger partial charge in [0.1, 0.15) is 0 Å². The molecule has 1 aliphatic rings. The Morgan fingerprint density at radius 1 is 1.43 bits per heavy atom. The lowest BCUT2D eigenvalue weighted by Gasteiger charge is -2.31. The Morgan fingerprint density at radius 2 is 2.14 bits per heavy atom. The number of hydrogen-bond acceptors (Lipinski definition) is 3. The lowest BCUT2D eigenvalue weighted by Crippen LogP contribution is -2.50. The second kappa shape index (κ2) is 7.04. The lowest BCUT2D eigenvalue weighted by molar-refractivity contribution is -0.128. The molecule has 3 N–H and O–H groups in total. The maximum absolute atomic E-state index is 11.9. The monoisotopic (exact) mass is 353 g/mol. The third-order valence-electron chi connectivity index (χ3n) is 3.83. The molecule has 1 aromatic carbocycles. The standard InChI is InChI=1S/C15H20BrN3O2/c1-9-3-4-12(16)5-13(9)19-14(20)8-18-15(21)10(2)11-6-17-7-11/h3-5,10-11,17H,6-8H2,1-2H3,(H,18,21)(H,19,20). The van der Waals surface area contributed by atoms with Crippen LogP contribution in [-0.2, 0) is 9.59 Å².